The minimum atomic E-state index is 0.263. The summed E-state index contributed by atoms with van der Waals surface area (Å²) in [5.74, 6) is 2.55. The molecule has 0 amide bonds. The second kappa shape index (κ2) is 6.48. The largest absolute Gasteiger partial charge is 0.378 e. The van der Waals surface area contributed by atoms with Gasteiger partial charge in [0.15, 0.2) is 0 Å². The first-order valence-electron chi connectivity index (χ1n) is 7.93. The van der Waals surface area contributed by atoms with Crippen molar-refractivity contribution in [1.82, 2.24) is 15.0 Å². The lowest BCUT2D eigenvalue weighted by molar-refractivity contribution is 0.110. The van der Waals surface area contributed by atoms with Crippen LogP contribution in [0.2, 0.25) is 0 Å². The highest BCUT2D eigenvalue weighted by molar-refractivity contribution is 5.18. The molecule has 1 aliphatic carbocycles. The summed E-state index contributed by atoms with van der Waals surface area (Å²) in [7, 11) is 0. The third-order valence-corrected chi connectivity index (χ3v) is 4.37. The Kier molecular flexibility index (Phi) is 4.45. The van der Waals surface area contributed by atoms with Gasteiger partial charge in [0.25, 0.3) is 0 Å². The second-order valence-electron chi connectivity index (χ2n) is 6.00. The van der Waals surface area contributed by atoms with Gasteiger partial charge < -0.3 is 10.5 Å². The zero-order valence-electron chi connectivity index (χ0n) is 12.1. The normalized spacial score (nSPS) is 24.7. The van der Waals surface area contributed by atoms with Gasteiger partial charge in [-0.25, -0.2) is 4.98 Å². The van der Waals surface area contributed by atoms with Crippen molar-refractivity contribution >= 4 is 5.95 Å². The van der Waals surface area contributed by atoms with E-state index in [9.17, 15) is 0 Å². The number of anilines is 1. The van der Waals surface area contributed by atoms with Crippen molar-refractivity contribution < 1.29 is 4.74 Å². The van der Waals surface area contributed by atoms with Crippen LogP contribution >= 0.6 is 0 Å². The monoisotopic (exact) mass is 276 g/mol. The number of ether oxygens (including phenoxy) is 1. The van der Waals surface area contributed by atoms with Gasteiger partial charge >= 0.3 is 0 Å². The molecule has 1 saturated heterocycles. The highest BCUT2D eigenvalue weighted by atomic mass is 16.5. The zero-order chi connectivity index (χ0) is 13.8. The fourth-order valence-corrected chi connectivity index (χ4v) is 3.28. The molecule has 3 rings (SSSR count). The minimum absolute atomic E-state index is 0.263. The first-order valence-corrected chi connectivity index (χ1v) is 7.93. The van der Waals surface area contributed by atoms with E-state index in [0.717, 1.165) is 37.5 Å². The Hall–Kier alpha value is -1.23. The molecule has 0 radical (unpaired) electrons. The molecule has 1 aromatic heterocycles. The topological polar surface area (TPSA) is 73.9 Å². The average Bonchev–Trinajstić information content (AvgIpc) is 2.78. The van der Waals surface area contributed by atoms with Crippen molar-refractivity contribution in [2.75, 3.05) is 12.3 Å². The molecular formula is C15H24N4O. The molecule has 2 heterocycles. The Morgan fingerprint density at radius 1 is 0.950 bits per heavy atom. The molecule has 1 unspecified atom stereocenters. The molecule has 20 heavy (non-hydrogen) atoms. The average molecular weight is 276 g/mol. The molecule has 0 spiro atoms. The van der Waals surface area contributed by atoms with Gasteiger partial charge in [-0.1, -0.05) is 25.7 Å². The van der Waals surface area contributed by atoms with Crippen molar-refractivity contribution in [1.29, 1.82) is 0 Å². The summed E-state index contributed by atoms with van der Waals surface area (Å²) in [5.41, 5.74) is 5.88. The van der Waals surface area contributed by atoms with Crippen LogP contribution in [0.1, 0.15) is 68.9 Å². The molecule has 2 N–H and O–H groups in total. The van der Waals surface area contributed by atoms with Crippen molar-refractivity contribution in [3.63, 3.8) is 0 Å². The van der Waals surface area contributed by atoms with Crippen molar-refractivity contribution in [2.45, 2.75) is 69.8 Å². The van der Waals surface area contributed by atoms with Crippen LogP contribution in [-0.4, -0.2) is 27.7 Å². The van der Waals surface area contributed by atoms with Crippen LogP contribution in [0.25, 0.3) is 0 Å². The number of nitrogens with two attached hydrogens (primary N) is 1. The zero-order valence-corrected chi connectivity index (χ0v) is 12.1. The highest BCUT2D eigenvalue weighted by Crippen LogP contribution is 2.30. The molecule has 2 aliphatic rings. The SMILES string of the molecule is Nc1nc(CC2CCCO2)nc(C2CCCCCC2)n1. The Morgan fingerprint density at radius 2 is 1.75 bits per heavy atom. The third kappa shape index (κ3) is 3.45. The third-order valence-electron chi connectivity index (χ3n) is 4.37. The van der Waals surface area contributed by atoms with Crippen molar-refractivity contribution in [3.05, 3.63) is 11.6 Å². The summed E-state index contributed by atoms with van der Waals surface area (Å²) in [6.45, 7) is 0.862. The fourth-order valence-electron chi connectivity index (χ4n) is 3.28. The van der Waals surface area contributed by atoms with Gasteiger partial charge in [-0.05, 0) is 25.7 Å². The van der Waals surface area contributed by atoms with E-state index in [1.807, 2.05) is 0 Å². The molecule has 0 aromatic carbocycles. The lowest BCUT2D eigenvalue weighted by atomic mass is 9.99. The first-order chi connectivity index (χ1) is 9.81. The molecule has 0 bridgehead atoms. The molecule has 2 fully saturated rings. The molecule has 1 aromatic rings. The predicted molar refractivity (Wildman–Crippen MR) is 77.4 cm³/mol. The van der Waals surface area contributed by atoms with Gasteiger partial charge in [-0.3, -0.25) is 0 Å². The quantitative estimate of drug-likeness (QED) is 0.859. The summed E-state index contributed by atoms with van der Waals surface area (Å²) in [6, 6.07) is 0. The van der Waals surface area contributed by atoms with Crippen LogP contribution in [0.3, 0.4) is 0 Å². The van der Waals surface area contributed by atoms with Crippen LogP contribution < -0.4 is 5.73 Å². The maximum Gasteiger partial charge on any atom is 0.223 e. The Bertz CT molecular complexity index is 437. The molecule has 5 nitrogen and oxygen atoms in total. The Labute approximate surface area is 120 Å². The first kappa shape index (κ1) is 13.7. The summed E-state index contributed by atoms with van der Waals surface area (Å²) in [5, 5.41) is 0. The van der Waals surface area contributed by atoms with Crippen LogP contribution in [0, 0.1) is 0 Å². The number of rotatable bonds is 3. The smallest absolute Gasteiger partial charge is 0.223 e. The van der Waals surface area contributed by atoms with E-state index in [1.165, 1.54) is 38.5 Å². The van der Waals surface area contributed by atoms with Crippen molar-refractivity contribution in [2.24, 2.45) is 0 Å². The van der Waals surface area contributed by atoms with Crippen LogP contribution in [0.5, 0.6) is 0 Å². The molecule has 1 saturated carbocycles. The summed E-state index contributed by atoms with van der Waals surface area (Å²) < 4.78 is 5.66. The molecule has 1 aliphatic heterocycles. The van der Waals surface area contributed by atoms with Gasteiger partial charge in [-0.2, -0.15) is 9.97 Å². The lowest BCUT2D eigenvalue weighted by Crippen LogP contribution is -2.16. The van der Waals surface area contributed by atoms with Gasteiger partial charge in [0, 0.05) is 18.9 Å². The number of aromatic nitrogens is 3. The van der Waals surface area contributed by atoms with E-state index in [-0.39, 0.29) is 6.10 Å². The van der Waals surface area contributed by atoms with E-state index < -0.39 is 0 Å². The molecular weight excluding hydrogens is 252 g/mol. The van der Waals surface area contributed by atoms with E-state index in [4.69, 9.17) is 10.5 Å². The summed E-state index contributed by atoms with van der Waals surface area (Å²) in [4.78, 5) is 13.4. The van der Waals surface area contributed by atoms with E-state index >= 15 is 0 Å². The Morgan fingerprint density at radius 3 is 2.45 bits per heavy atom. The summed E-state index contributed by atoms with van der Waals surface area (Å²) >= 11 is 0. The van der Waals surface area contributed by atoms with E-state index in [2.05, 4.69) is 15.0 Å². The molecule has 110 valence electrons. The molecule has 5 heteroatoms. The Balaban J connectivity index is 1.74. The van der Waals surface area contributed by atoms with E-state index in [0.29, 0.717) is 11.9 Å². The van der Waals surface area contributed by atoms with Gasteiger partial charge in [-0.15, -0.1) is 0 Å². The minimum Gasteiger partial charge on any atom is -0.378 e. The molecule has 1 atom stereocenters. The number of hydrogen-bond donors (Lipinski definition) is 1. The lowest BCUT2D eigenvalue weighted by Gasteiger charge is -2.14. The standard InChI is InChI=1S/C15H24N4O/c16-15-18-13(10-12-8-5-9-20-12)17-14(19-15)11-6-3-1-2-4-7-11/h11-12H,1-10H2,(H2,16,17,18,19). The second-order valence-corrected chi connectivity index (χ2v) is 6.00. The van der Waals surface area contributed by atoms with Crippen LogP contribution in [0.15, 0.2) is 0 Å². The number of hydrogen-bond acceptors (Lipinski definition) is 5. The van der Waals surface area contributed by atoms with Gasteiger partial charge in [0.2, 0.25) is 5.95 Å². The predicted octanol–water partition coefficient (Wildman–Crippen LogP) is 2.61. The van der Waals surface area contributed by atoms with Crippen LogP contribution in [0.4, 0.5) is 5.95 Å². The number of nitrogen functional groups attached to an aromatic ring is 1. The van der Waals surface area contributed by atoms with Crippen LogP contribution in [-0.2, 0) is 11.2 Å². The highest BCUT2D eigenvalue weighted by Gasteiger charge is 2.21. The van der Waals surface area contributed by atoms with Gasteiger partial charge in [0.05, 0.1) is 6.10 Å². The van der Waals surface area contributed by atoms with Gasteiger partial charge in [0.1, 0.15) is 11.6 Å². The maximum atomic E-state index is 5.88. The maximum absolute atomic E-state index is 5.88. The van der Waals surface area contributed by atoms with E-state index in [1.54, 1.807) is 0 Å². The fraction of sp³-hybridized carbons (Fsp3) is 0.800. The number of nitrogens with zero attached hydrogens (tertiary/aromatic N) is 3. The summed E-state index contributed by atoms with van der Waals surface area (Å²) in [6.07, 6.45) is 10.9. The van der Waals surface area contributed by atoms with Crippen molar-refractivity contribution in [3.8, 4) is 0 Å².